The first-order valence-corrected chi connectivity index (χ1v) is 12.4. The maximum Gasteiger partial charge on any atom is 0.271 e. The number of carbonyl (C=O) groups is 2. The second-order valence-corrected chi connectivity index (χ2v) is 10.1. The van der Waals surface area contributed by atoms with Gasteiger partial charge in [-0.05, 0) is 47.2 Å². The van der Waals surface area contributed by atoms with Crippen molar-refractivity contribution >= 4 is 44.5 Å². The molecule has 7 nitrogen and oxygen atoms in total. The standard InChI is InChI=1S/C23H25N3O4S2/c1-3-18-7-4-5-8-20(18)24-21(27)16-26(2)22(28)15-17-10-12-19(13-11-17)25-32(29,30)23-9-6-14-31-23/h4-14,25H,3,15-16H2,1-2H3,(H,24,27). The predicted octanol–water partition coefficient (Wildman–Crippen LogP) is 3.75. The van der Waals surface area contributed by atoms with E-state index in [0.29, 0.717) is 5.69 Å². The van der Waals surface area contributed by atoms with Gasteiger partial charge in [0.15, 0.2) is 0 Å². The summed E-state index contributed by atoms with van der Waals surface area (Å²) in [6.07, 6.45) is 0.901. The number of sulfonamides is 1. The Morgan fingerprint density at radius 1 is 1.00 bits per heavy atom. The summed E-state index contributed by atoms with van der Waals surface area (Å²) in [5.41, 5.74) is 2.92. The molecule has 1 heterocycles. The van der Waals surface area contributed by atoms with Crippen LogP contribution in [0.25, 0.3) is 0 Å². The van der Waals surface area contributed by atoms with Gasteiger partial charge in [0.1, 0.15) is 4.21 Å². The van der Waals surface area contributed by atoms with Crippen molar-refractivity contribution in [2.24, 2.45) is 0 Å². The van der Waals surface area contributed by atoms with Gasteiger partial charge in [-0.15, -0.1) is 11.3 Å². The first kappa shape index (κ1) is 23.5. The first-order valence-electron chi connectivity index (χ1n) is 10.1. The molecule has 2 amide bonds. The molecule has 0 saturated carbocycles. The number of hydrogen-bond donors (Lipinski definition) is 2. The zero-order valence-corrected chi connectivity index (χ0v) is 19.5. The summed E-state index contributed by atoms with van der Waals surface area (Å²) in [4.78, 5) is 26.3. The van der Waals surface area contributed by atoms with E-state index in [4.69, 9.17) is 0 Å². The smallest absolute Gasteiger partial charge is 0.271 e. The Kier molecular flexibility index (Phi) is 7.66. The third kappa shape index (κ3) is 6.18. The van der Waals surface area contributed by atoms with Gasteiger partial charge in [-0.3, -0.25) is 14.3 Å². The van der Waals surface area contributed by atoms with E-state index in [1.807, 2.05) is 31.2 Å². The number of anilines is 2. The zero-order valence-electron chi connectivity index (χ0n) is 17.9. The van der Waals surface area contributed by atoms with Crippen molar-refractivity contribution < 1.29 is 18.0 Å². The van der Waals surface area contributed by atoms with Crippen molar-refractivity contribution in [2.75, 3.05) is 23.6 Å². The Labute approximate surface area is 192 Å². The number of nitrogens with one attached hydrogen (secondary N) is 2. The number of carbonyl (C=O) groups excluding carboxylic acids is 2. The molecule has 0 unspecified atom stereocenters. The predicted molar refractivity (Wildman–Crippen MR) is 127 cm³/mol. The van der Waals surface area contributed by atoms with Gasteiger partial charge < -0.3 is 10.2 Å². The summed E-state index contributed by atoms with van der Waals surface area (Å²) in [6.45, 7) is 1.95. The molecular formula is C23H25N3O4S2. The third-order valence-electron chi connectivity index (χ3n) is 4.80. The lowest BCUT2D eigenvalue weighted by atomic mass is 10.1. The molecule has 0 saturated heterocycles. The van der Waals surface area contributed by atoms with E-state index in [9.17, 15) is 18.0 Å². The highest BCUT2D eigenvalue weighted by Gasteiger charge is 2.16. The molecule has 0 aliphatic carbocycles. The van der Waals surface area contributed by atoms with Crippen LogP contribution < -0.4 is 10.0 Å². The van der Waals surface area contributed by atoms with Crippen LogP contribution in [0.3, 0.4) is 0 Å². The van der Waals surface area contributed by atoms with E-state index >= 15 is 0 Å². The fraction of sp³-hybridized carbons (Fsp3) is 0.217. The van der Waals surface area contributed by atoms with E-state index in [2.05, 4.69) is 10.0 Å². The fourth-order valence-corrected chi connectivity index (χ4v) is 5.12. The SMILES string of the molecule is CCc1ccccc1NC(=O)CN(C)C(=O)Cc1ccc(NS(=O)(=O)c2cccs2)cc1. The van der Waals surface area contributed by atoms with Crippen LogP contribution in [-0.4, -0.2) is 38.7 Å². The van der Waals surface area contributed by atoms with Gasteiger partial charge >= 0.3 is 0 Å². The lowest BCUT2D eigenvalue weighted by Crippen LogP contribution is -2.35. The minimum absolute atomic E-state index is 0.0599. The number of likely N-dealkylation sites (N-methyl/N-ethyl adjacent to an activating group) is 1. The Balaban J connectivity index is 1.54. The lowest BCUT2D eigenvalue weighted by molar-refractivity contribution is -0.132. The van der Waals surface area contributed by atoms with Gasteiger partial charge in [0, 0.05) is 18.4 Å². The highest BCUT2D eigenvalue weighted by Crippen LogP contribution is 2.21. The highest BCUT2D eigenvalue weighted by atomic mass is 32.2. The number of hydrogen-bond acceptors (Lipinski definition) is 5. The molecule has 0 bridgehead atoms. The fourth-order valence-electron chi connectivity index (χ4n) is 3.07. The summed E-state index contributed by atoms with van der Waals surface area (Å²) >= 11 is 1.14. The average molecular weight is 472 g/mol. The molecule has 32 heavy (non-hydrogen) atoms. The monoisotopic (exact) mass is 471 g/mol. The molecule has 2 aromatic carbocycles. The van der Waals surface area contributed by atoms with Crippen molar-refractivity contribution in [1.82, 2.24) is 4.90 Å². The molecule has 2 N–H and O–H groups in total. The molecule has 0 fully saturated rings. The van der Waals surface area contributed by atoms with Crippen LogP contribution >= 0.6 is 11.3 Å². The molecular weight excluding hydrogens is 446 g/mol. The van der Waals surface area contributed by atoms with Gasteiger partial charge in [-0.1, -0.05) is 43.3 Å². The average Bonchev–Trinajstić information content (AvgIpc) is 3.31. The summed E-state index contributed by atoms with van der Waals surface area (Å²) in [6, 6.07) is 17.4. The first-order chi connectivity index (χ1) is 15.3. The molecule has 0 spiro atoms. The Morgan fingerprint density at radius 2 is 1.72 bits per heavy atom. The molecule has 0 atom stereocenters. The van der Waals surface area contributed by atoms with Crippen LogP contribution in [0.2, 0.25) is 0 Å². The van der Waals surface area contributed by atoms with Gasteiger partial charge in [0.25, 0.3) is 10.0 Å². The summed E-state index contributed by atoms with van der Waals surface area (Å²) < 4.78 is 27.3. The molecule has 0 aliphatic rings. The van der Waals surface area contributed by atoms with E-state index in [1.54, 1.807) is 42.8 Å². The highest BCUT2D eigenvalue weighted by molar-refractivity contribution is 7.94. The van der Waals surface area contributed by atoms with Crippen LogP contribution in [0.5, 0.6) is 0 Å². The summed E-state index contributed by atoms with van der Waals surface area (Å²) in [7, 11) is -2.03. The largest absolute Gasteiger partial charge is 0.336 e. The van der Waals surface area contributed by atoms with Crippen molar-refractivity contribution in [3.8, 4) is 0 Å². The Bertz CT molecular complexity index is 1170. The number of rotatable bonds is 9. The number of para-hydroxylation sites is 1. The molecule has 168 valence electrons. The Hall–Kier alpha value is -3.17. The number of aryl methyl sites for hydroxylation is 1. The van der Waals surface area contributed by atoms with E-state index in [0.717, 1.165) is 34.6 Å². The second kappa shape index (κ2) is 10.4. The van der Waals surface area contributed by atoms with E-state index < -0.39 is 10.0 Å². The number of thiophene rings is 1. The quantitative estimate of drug-likeness (QED) is 0.497. The molecule has 1 aromatic heterocycles. The molecule has 0 radical (unpaired) electrons. The molecule has 3 rings (SSSR count). The van der Waals surface area contributed by atoms with Crippen molar-refractivity contribution in [2.45, 2.75) is 24.0 Å². The maximum absolute atomic E-state index is 12.5. The van der Waals surface area contributed by atoms with Crippen LogP contribution in [0, 0.1) is 0 Å². The summed E-state index contributed by atoms with van der Waals surface area (Å²) in [5.74, 6) is -0.476. The topological polar surface area (TPSA) is 95.6 Å². The summed E-state index contributed by atoms with van der Waals surface area (Å²) in [5, 5.41) is 4.55. The van der Waals surface area contributed by atoms with Crippen LogP contribution in [0.1, 0.15) is 18.1 Å². The normalized spacial score (nSPS) is 11.1. The molecule has 9 heteroatoms. The van der Waals surface area contributed by atoms with Crippen molar-refractivity contribution in [3.05, 3.63) is 77.2 Å². The Morgan fingerprint density at radius 3 is 2.38 bits per heavy atom. The second-order valence-electron chi connectivity index (χ2n) is 7.22. The van der Waals surface area contributed by atoms with E-state index in [-0.39, 0.29) is 29.0 Å². The van der Waals surface area contributed by atoms with Gasteiger partial charge in [0.05, 0.1) is 13.0 Å². The zero-order chi connectivity index (χ0) is 23.1. The molecule has 3 aromatic rings. The van der Waals surface area contributed by atoms with Crippen LogP contribution in [0.4, 0.5) is 11.4 Å². The van der Waals surface area contributed by atoms with Crippen LogP contribution in [0.15, 0.2) is 70.3 Å². The maximum atomic E-state index is 12.5. The van der Waals surface area contributed by atoms with Gasteiger partial charge in [-0.25, -0.2) is 8.42 Å². The van der Waals surface area contributed by atoms with Crippen molar-refractivity contribution in [1.29, 1.82) is 0 Å². The number of nitrogens with zero attached hydrogens (tertiary/aromatic N) is 1. The minimum Gasteiger partial charge on any atom is -0.336 e. The van der Waals surface area contributed by atoms with Crippen LogP contribution in [-0.2, 0) is 32.5 Å². The number of benzene rings is 2. The third-order valence-corrected chi connectivity index (χ3v) is 7.58. The van der Waals surface area contributed by atoms with Crippen molar-refractivity contribution in [3.63, 3.8) is 0 Å². The van der Waals surface area contributed by atoms with Gasteiger partial charge in [0.2, 0.25) is 11.8 Å². The van der Waals surface area contributed by atoms with E-state index in [1.165, 1.54) is 11.0 Å². The number of amides is 2. The van der Waals surface area contributed by atoms with Gasteiger partial charge in [-0.2, -0.15) is 0 Å². The molecule has 0 aliphatic heterocycles. The lowest BCUT2D eigenvalue weighted by Gasteiger charge is -2.18. The minimum atomic E-state index is -3.61.